The lowest BCUT2D eigenvalue weighted by Crippen LogP contribution is -2.47. The van der Waals surface area contributed by atoms with Crippen LogP contribution in [0.25, 0.3) is 0 Å². The van der Waals surface area contributed by atoms with Crippen molar-refractivity contribution in [2.45, 2.75) is 40.2 Å². The van der Waals surface area contributed by atoms with Crippen molar-refractivity contribution in [1.29, 1.82) is 0 Å². The van der Waals surface area contributed by atoms with E-state index in [1.54, 1.807) is 25.1 Å². The Morgan fingerprint density at radius 1 is 1.04 bits per heavy atom. The summed E-state index contributed by atoms with van der Waals surface area (Å²) in [4.78, 5) is 12.9. The molecule has 0 aliphatic rings. The van der Waals surface area contributed by atoms with E-state index in [-0.39, 0.29) is 5.91 Å². The molecule has 0 aliphatic heterocycles. The lowest BCUT2D eigenvalue weighted by Gasteiger charge is -2.30. The van der Waals surface area contributed by atoms with Crippen LogP contribution in [-0.4, -0.2) is 26.6 Å². The van der Waals surface area contributed by atoms with Crippen molar-refractivity contribution < 1.29 is 13.2 Å². The molecular weight excluding hydrogens is 348 g/mol. The minimum atomic E-state index is -3.63. The molecule has 6 heteroatoms. The van der Waals surface area contributed by atoms with Crippen LogP contribution in [0, 0.1) is 20.8 Å². The molecule has 1 N–H and O–H groups in total. The number of hydrogen-bond donors (Lipinski definition) is 1. The maximum atomic E-state index is 12.9. The first-order chi connectivity index (χ1) is 12.1. The maximum Gasteiger partial charge on any atom is 0.248 e. The number of sulfonamides is 1. The van der Waals surface area contributed by atoms with E-state index in [0.29, 0.717) is 17.8 Å². The Balaban J connectivity index is 2.43. The Morgan fingerprint density at radius 3 is 2.23 bits per heavy atom. The normalized spacial score (nSPS) is 12.5. The summed E-state index contributed by atoms with van der Waals surface area (Å²) in [6.07, 6.45) is 1.49. The predicted octanol–water partition coefficient (Wildman–Crippen LogP) is 3.80. The molecule has 0 spiro atoms. The number of carbonyl (C=O) groups is 1. The van der Waals surface area contributed by atoms with Crippen LogP contribution in [0.4, 0.5) is 11.4 Å². The Bertz CT molecular complexity index is 907. The van der Waals surface area contributed by atoms with E-state index in [9.17, 15) is 13.2 Å². The van der Waals surface area contributed by atoms with Gasteiger partial charge < -0.3 is 5.32 Å². The van der Waals surface area contributed by atoms with Gasteiger partial charge in [0.1, 0.15) is 6.04 Å². The molecule has 5 nitrogen and oxygen atoms in total. The van der Waals surface area contributed by atoms with Crippen LogP contribution >= 0.6 is 0 Å². The predicted molar refractivity (Wildman–Crippen MR) is 107 cm³/mol. The van der Waals surface area contributed by atoms with Crippen molar-refractivity contribution >= 4 is 27.3 Å². The van der Waals surface area contributed by atoms with Gasteiger partial charge in [0.05, 0.1) is 11.9 Å². The van der Waals surface area contributed by atoms with E-state index >= 15 is 0 Å². The fourth-order valence-corrected chi connectivity index (χ4v) is 4.06. The quantitative estimate of drug-likeness (QED) is 0.836. The van der Waals surface area contributed by atoms with Crippen LogP contribution in [0.1, 0.15) is 30.0 Å². The van der Waals surface area contributed by atoms with Gasteiger partial charge in [0.25, 0.3) is 0 Å². The van der Waals surface area contributed by atoms with Crippen molar-refractivity contribution in [3.05, 3.63) is 59.2 Å². The summed E-state index contributed by atoms with van der Waals surface area (Å²) in [6.45, 7) is 7.59. The Kier molecular flexibility index (Phi) is 6.08. The molecule has 140 valence electrons. The van der Waals surface area contributed by atoms with Crippen molar-refractivity contribution in [3.8, 4) is 0 Å². The number of carbonyl (C=O) groups excluding carboxylic acids is 1. The first-order valence-corrected chi connectivity index (χ1v) is 10.4. The molecule has 0 radical (unpaired) electrons. The van der Waals surface area contributed by atoms with Crippen LogP contribution in [0.15, 0.2) is 42.5 Å². The second-order valence-corrected chi connectivity index (χ2v) is 8.42. The Labute approximate surface area is 156 Å². The lowest BCUT2D eigenvalue weighted by molar-refractivity contribution is -0.117. The topological polar surface area (TPSA) is 66.5 Å². The zero-order valence-electron chi connectivity index (χ0n) is 15.9. The highest BCUT2D eigenvalue weighted by molar-refractivity contribution is 7.92. The van der Waals surface area contributed by atoms with Crippen LogP contribution in [-0.2, 0) is 14.8 Å². The highest BCUT2D eigenvalue weighted by atomic mass is 32.2. The first kappa shape index (κ1) is 20.0. The van der Waals surface area contributed by atoms with E-state index in [4.69, 9.17) is 0 Å². The van der Waals surface area contributed by atoms with Gasteiger partial charge in [-0.3, -0.25) is 9.10 Å². The number of anilines is 2. The van der Waals surface area contributed by atoms with Gasteiger partial charge in [-0.25, -0.2) is 8.42 Å². The Hall–Kier alpha value is -2.34. The number of rotatable bonds is 6. The van der Waals surface area contributed by atoms with Crippen LogP contribution in [0.2, 0.25) is 0 Å². The molecule has 2 aromatic rings. The summed E-state index contributed by atoms with van der Waals surface area (Å²) in [7, 11) is -3.63. The largest absolute Gasteiger partial charge is 0.324 e. The molecule has 0 saturated heterocycles. The molecular formula is C20H26N2O3S. The van der Waals surface area contributed by atoms with E-state index in [2.05, 4.69) is 5.32 Å². The van der Waals surface area contributed by atoms with Gasteiger partial charge in [-0.1, -0.05) is 31.2 Å². The molecule has 0 fully saturated rings. The van der Waals surface area contributed by atoms with E-state index < -0.39 is 16.1 Å². The fraction of sp³-hybridized carbons (Fsp3) is 0.350. The monoisotopic (exact) mass is 374 g/mol. The molecule has 0 heterocycles. The fourth-order valence-electron chi connectivity index (χ4n) is 2.85. The van der Waals surface area contributed by atoms with Crippen molar-refractivity contribution in [2.75, 3.05) is 15.9 Å². The molecule has 0 aromatic heterocycles. The van der Waals surface area contributed by atoms with Gasteiger partial charge in [0.2, 0.25) is 15.9 Å². The molecule has 1 amide bonds. The smallest absolute Gasteiger partial charge is 0.248 e. The number of amides is 1. The van der Waals surface area contributed by atoms with Gasteiger partial charge in [-0.15, -0.1) is 0 Å². The summed E-state index contributed by atoms with van der Waals surface area (Å²) in [5.41, 5.74) is 4.16. The average molecular weight is 375 g/mol. The second kappa shape index (κ2) is 7.91. The standard InChI is InChI=1S/C20H26N2O3S/c1-6-19(20(23)21-18-10-8-7-9-15(18)3)22(26(5,24)25)17-12-11-14(2)16(4)13-17/h7-13,19H,6H2,1-5H3,(H,21,23)/t19-/m0/s1. The summed E-state index contributed by atoms with van der Waals surface area (Å²) < 4.78 is 26.2. The molecule has 0 bridgehead atoms. The van der Waals surface area contributed by atoms with Gasteiger partial charge in [-0.05, 0) is 62.1 Å². The maximum absolute atomic E-state index is 12.9. The third-order valence-electron chi connectivity index (χ3n) is 4.48. The van der Waals surface area contributed by atoms with Crippen LogP contribution in [0.3, 0.4) is 0 Å². The minimum Gasteiger partial charge on any atom is -0.324 e. The number of hydrogen-bond acceptors (Lipinski definition) is 3. The van der Waals surface area contributed by atoms with Gasteiger partial charge >= 0.3 is 0 Å². The summed E-state index contributed by atoms with van der Waals surface area (Å²) in [5.74, 6) is -0.342. The summed E-state index contributed by atoms with van der Waals surface area (Å²) in [5, 5.41) is 2.86. The van der Waals surface area contributed by atoms with E-state index in [0.717, 1.165) is 22.9 Å². The van der Waals surface area contributed by atoms with Crippen molar-refractivity contribution in [2.24, 2.45) is 0 Å². The molecule has 1 atom stereocenters. The van der Waals surface area contributed by atoms with Gasteiger partial charge in [0.15, 0.2) is 0 Å². The zero-order valence-corrected chi connectivity index (χ0v) is 16.7. The third-order valence-corrected chi connectivity index (χ3v) is 5.66. The van der Waals surface area contributed by atoms with Crippen molar-refractivity contribution in [1.82, 2.24) is 0 Å². The number of para-hydroxylation sites is 1. The van der Waals surface area contributed by atoms with Gasteiger partial charge in [0, 0.05) is 5.69 Å². The zero-order chi connectivity index (χ0) is 19.5. The van der Waals surface area contributed by atoms with Crippen LogP contribution < -0.4 is 9.62 Å². The highest BCUT2D eigenvalue weighted by Gasteiger charge is 2.31. The number of benzene rings is 2. The summed E-state index contributed by atoms with van der Waals surface area (Å²) >= 11 is 0. The molecule has 2 rings (SSSR count). The second-order valence-electron chi connectivity index (χ2n) is 6.56. The lowest BCUT2D eigenvalue weighted by atomic mass is 10.1. The summed E-state index contributed by atoms with van der Waals surface area (Å²) in [6, 6.07) is 12.0. The Morgan fingerprint density at radius 2 is 1.69 bits per heavy atom. The first-order valence-electron chi connectivity index (χ1n) is 8.58. The number of aryl methyl sites for hydroxylation is 3. The molecule has 0 aliphatic carbocycles. The SMILES string of the molecule is CC[C@@H](C(=O)Nc1ccccc1C)N(c1ccc(C)c(C)c1)S(C)(=O)=O. The van der Waals surface area contributed by atoms with E-state index in [1.807, 2.05) is 45.0 Å². The molecule has 2 aromatic carbocycles. The number of nitrogens with zero attached hydrogens (tertiary/aromatic N) is 1. The minimum absolute atomic E-state index is 0.342. The molecule has 0 unspecified atom stereocenters. The van der Waals surface area contributed by atoms with Crippen molar-refractivity contribution in [3.63, 3.8) is 0 Å². The van der Waals surface area contributed by atoms with Gasteiger partial charge in [-0.2, -0.15) is 0 Å². The van der Waals surface area contributed by atoms with E-state index in [1.165, 1.54) is 4.31 Å². The van der Waals surface area contributed by atoms with Crippen LogP contribution in [0.5, 0.6) is 0 Å². The molecule has 26 heavy (non-hydrogen) atoms. The third kappa shape index (κ3) is 4.43. The molecule has 0 saturated carbocycles. The average Bonchev–Trinajstić information content (AvgIpc) is 2.56. The highest BCUT2D eigenvalue weighted by Crippen LogP contribution is 2.26. The number of nitrogens with one attached hydrogen (secondary N) is 1.